The SMILES string of the molecule is CN(Cc1nc2ccccc2s1)C(=O)Nc1ccc(Cl)cc1F. The first-order valence-electron chi connectivity index (χ1n) is 6.84. The number of amides is 2. The number of benzene rings is 2. The summed E-state index contributed by atoms with van der Waals surface area (Å²) >= 11 is 7.22. The highest BCUT2D eigenvalue weighted by molar-refractivity contribution is 7.18. The summed E-state index contributed by atoms with van der Waals surface area (Å²) in [5.41, 5.74) is 1.00. The van der Waals surface area contributed by atoms with Gasteiger partial charge >= 0.3 is 6.03 Å². The predicted octanol–water partition coefficient (Wildman–Crippen LogP) is 4.75. The fourth-order valence-electron chi connectivity index (χ4n) is 2.06. The molecule has 0 unspecified atom stereocenters. The molecule has 0 saturated carbocycles. The molecule has 0 fully saturated rings. The Bertz CT molecular complexity index is 834. The standard InChI is InChI=1S/C16H13ClFN3OS/c1-21(9-15-19-13-4-2-3-5-14(13)23-15)16(22)20-12-7-6-10(17)8-11(12)18/h2-8H,9H2,1H3,(H,20,22). The number of rotatable bonds is 3. The van der Waals surface area contributed by atoms with Gasteiger partial charge in [0.15, 0.2) is 0 Å². The Kier molecular flexibility index (Phi) is 4.45. The molecule has 1 N–H and O–H groups in total. The van der Waals surface area contributed by atoms with Crippen LogP contribution in [-0.2, 0) is 6.54 Å². The third-order valence-corrected chi connectivity index (χ3v) is 4.49. The predicted molar refractivity (Wildman–Crippen MR) is 91.5 cm³/mol. The van der Waals surface area contributed by atoms with Crippen molar-refractivity contribution in [2.45, 2.75) is 6.54 Å². The number of thiazole rings is 1. The van der Waals surface area contributed by atoms with Crippen LogP contribution in [0.15, 0.2) is 42.5 Å². The van der Waals surface area contributed by atoms with E-state index in [2.05, 4.69) is 10.3 Å². The van der Waals surface area contributed by atoms with Gasteiger partial charge in [0.05, 0.1) is 22.4 Å². The van der Waals surface area contributed by atoms with Crippen LogP contribution < -0.4 is 5.32 Å². The summed E-state index contributed by atoms with van der Waals surface area (Å²) in [7, 11) is 1.63. The minimum absolute atomic E-state index is 0.0931. The molecule has 0 aliphatic heterocycles. The van der Waals surface area contributed by atoms with E-state index in [-0.39, 0.29) is 10.7 Å². The minimum Gasteiger partial charge on any atom is -0.321 e. The lowest BCUT2D eigenvalue weighted by atomic mass is 10.3. The van der Waals surface area contributed by atoms with E-state index in [9.17, 15) is 9.18 Å². The number of urea groups is 1. The van der Waals surface area contributed by atoms with E-state index in [0.717, 1.165) is 21.3 Å². The summed E-state index contributed by atoms with van der Waals surface area (Å²) in [5, 5.41) is 3.62. The van der Waals surface area contributed by atoms with Gasteiger partial charge in [-0.05, 0) is 30.3 Å². The number of hydrogen-bond donors (Lipinski definition) is 1. The van der Waals surface area contributed by atoms with Gasteiger partial charge in [0.2, 0.25) is 0 Å². The molecule has 0 saturated heterocycles. The van der Waals surface area contributed by atoms with Crippen LogP contribution in [0.1, 0.15) is 5.01 Å². The van der Waals surface area contributed by atoms with Gasteiger partial charge < -0.3 is 10.2 Å². The summed E-state index contributed by atoms with van der Waals surface area (Å²) in [6.45, 7) is 0.348. The van der Waals surface area contributed by atoms with Gasteiger partial charge in [-0.3, -0.25) is 0 Å². The molecular formula is C16H13ClFN3OS. The zero-order chi connectivity index (χ0) is 16.4. The Balaban J connectivity index is 1.69. The zero-order valence-electron chi connectivity index (χ0n) is 12.2. The first-order valence-corrected chi connectivity index (χ1v) is 8.04. The summed E-state index contributed by atoms with van der Waals surface area (Å²) < 4.78 is 14.8. The van der Waals surface area contributed by atoms with Gasteiger partial charge in [-0.2, -0.15) is 0 Å². The maximum atomic E-state index is 13.7. The van der Waals surface area contributed by atoms with Crippen LogP contribution in [-0.4, -0.2) is 23.0 Å². The highest BCUT2D eigenvalue weighted by atomic mass is 35.5. The molecule has 0 aliphatic rings. The van der Waals surface area contributed by atoms with E-state index in [1.165, 1.54) is 28.4 Å². The number of nitrogens with zero attached hydrogens (tertiary/aromatic N) is 2. The van der Waals surface area contributed by atoms with Gasteiger partial charge in [0, 0.05) is 12.1 Å². The van der Waals surface area contributed by atoms with Crippen molar-refractivity contribution in [3.8, 4) is 0 Å². The lowest BCUT2D eigenvalue weighted by molar-refractivity contribution is 0.220. The van der Waals surface area contributed by atoms with Crippen LogP contribution in [0, 0.1) is 5.82 Å². The van der Waals surface area contributed by atoms with Crippen LogP contribution in [0.2, 0.25) is 5.02 Å². The fourth-order valence-corrected chi connectivity index (χ4v) is 3.24. The molecule has 7 heteroatoms. The molecule has 2 aromatic carbocycles. The molecule has 0 radical (unpaired) electrons. The van der Waals surface area contributed by atoms with Crippen molar-refractivity contribution >= 4 is 44.9 Å². The molecule has 2 amide bonds. The van der Waals surface area contributed by atoms with Crippen molar-refractivity contribution in [1.82, 2.24) is 9.88 Å². The Morgan fingerprint density at radius 2 is 2.13 bits per heavy atom. The maximum absolute atomic E-state index is 13.7. The second kappa shape index (κ2) is 6.52. The molecule has 0 bridgehead atoms. The average Bonchev–Trinajstić information content (AvgIpc) is 2.92. The number of carbonyl (C=O) groups excluding carboxylic acids is 1. The van der Waals surface area contributed by atoms with E-state index in [4.69, 9.17) is 11.6 Å². The summed E-state index contributed by atoms with van der Waals surface area (Å²) in [6, 6.07) is 11.5. The number of anilines is 1. The minimum atomic E-state index is -0.570. The number of para-hydroxylation sites is 1. The van der Waals surface area contributed by atoms with Crippen LogP contribution in [0.5, 0.6) is 0 Å². The van der Waals surface area contributed by atoms with Crippen LogP contribution in [0.25, 0.3) is 10.2 Å². The quantitative estimate of drug-likeness (QED) is 0.741. The van der Waals surface area contributed by atoms with Gasteiger partial charge in [-0.25, -0.2) is 14.2 Å². The van der Waals surface area contributed by atoms with E-state index in [0.29, 0.717) is 6.54 Å². The van der Waals surface area contributed by atoms with E-state index in [1.807, 2.05) is 24.3 Å². The van der Waals surface area contributed by atoms with Gasteiger partial charge in [0.25, 0.3) is 0 Å². The molecule has 23 heavy (non-hydrogen) atoms. The number of aromatic nitrogens is 1. The molecule has 1 aromatic heterocycles. The molecular weight excluding hydrogens is 337 g/mol. The monoisotopic (exact) mass is 349 g/mol. The topological polar surface area (TPSA) is 45.2 Å². The third kappa shape index (κ3) is 3.60. The maximum Gasteiger partial charge on any atom is 0.322 e. The number of hydrogen-bond acceptors (Lipinski definition) is 3. The highest BCUT2D eigenvalue weighted by Crippen LogP contribution is 2.23. The van der Waals surface area contributed by atoms with E-state index in [1.54, 1.807) is 7.05 Å². The van der Waals surface area contributed by atoms with E-state index >= 15 is 0 Å². The van der Waals surface area contributed by atoms with Crippen molar-refractivity contribution in [3.63, 3.8) is 0 Å². The molecule has 118 valence electrons. The first kappa shape index (κ1) is 15.7. The summed E-state index contributed by atoms with van der Waals surface area (Å²) in [6.07, 6.45) is 0. The van der Waals surface area contributed by atoms with Gasteiger partial charge in [0.1, 0.15) is 10.8 Å². The second-order valence-corrected chi connectivity index (χ2v) is 6.54. The Labute approximate surface area is 141 Å². The Hall–Kier alpha value is -2.18. The molecule has 4 nitrogen and oxygen atoms in total. The zero-order valence-corrected chi connectivity index (χ0v) is 13.8. The number of fused-ring (bicyclic) bond motifs is 1. The lowest BCUT2D eigenvalue weighted by Gasteiger charge is -2.17. The fraction of sp³-hybridized carbons (Fsp3) is 0.125. The molecule has 0 aliphatic carbocycles. The first-order chi connectivity index (χ1) is 11.0. The third-order valence-electron chi connectivity index (χ3n) is 3.23. The molecule has 1 heterocycles. The van der Waals surface area contributed by atoms with Crippen molar-refractivity contribution in [1.29, 1.82) is 0 Å². The second-order valence-electron chi connectivity index (χ2n) is 4.99. The normalized spacial score (nSPS) is 10.7. The van der Waals surface area contributed by atoms with Crippen molar-refractivity contribution in [2.75, 3.05) is 12.4 Å². The van der Waals surface area contributed by atoms with Crippen LogP contribution >= 0.6 is 22.9 Å². The highest BCUT2D eigenvalue weighted by Gasteiger charge is 2.14. The van der Waals surface area contributed by atoms with Crippen molar-refractivity contribution in [2.24, 2.45) is 0 Å². The lowest BCUT2D eigenvalue weighted by Crippen LogP contribution is -2.31. The molecule has 0 spiro atoms. The molecule has 3 rings (SSSR count). The van der Waals surface area contributed by atoms with Crippen molar-refractivity contribution in [3.05, 3.63) is 58.3 Å². The van der Waals surface area contributed by atoms with Crippen LogP contribution in [0.3, 0.4) is 0 Å². The average molecular weight is 350 g/mol. The van der Waals surface area contributed by atoms with Crippen LogP contribution in [0.4, 0.5) is 14.9 Å². The molecule has 3 aromatic rings. The van der Waals surface area contributed by atoms with Gasteiger partial charge in [-0.15, -0.1) is 11.3 Å². The largest absolute Gasteiger partial charge is 0.322 e. The number of nitrogens with one attached hydrogen (secondary N) is 1. The Morgan fingerprint density at radius 1 is 1.35 bits per heavy atom. The Morgan fingerprint density at radius 3 is 2.87 bits per heavy atom. The van der Waals surface area contributed by atoms with E-state index < -0.39 is 11.8 Å². The van der Waals surface area contributed by atoms with Crippen molar-refractivity contribution < 1.29 is 9.18 Å². The number of carbonyl (C=O) groups is 1. The molecule has 0 atom stereocenters. The smallest absolute Gasteiger partial charge is 0.321 e. The van der Waals surface area contributed by atoms with Gasteiger partial charge in [-0.1, -0.05) is 23.7 Å². The summed E-state index contributed by atoms with van der Waals surface area (Å²) in [5.74, 6) is -0.570. The number of halogens is 2. The summed E-state index contributed by atoms with van der Waals surface area (Å²) in [4.78, 5) is 18.1.